The summed E-state index contributed by atoms with van der Waals surface area (Å²) in [5.41, 5.74) is 6.83. The normalized spacial score (nSPS) is 24.1. The summed E-state index contributed by atoms with van der Waals surface area (Å²) in [6.45, 7) is 7.81. The van der Waals surface area contributed by atoms with Crippen LogP contribution in [0.25, 0.3) is 0 Å². The van der Waals surface area contributed by atoms with Crippen molar-refractivity contribution >= 4 is 0 Å². The lowest BCUT2D eigenvalue weighted by Gasteiger charge is -2.32. The molecule has 0 saturated carbocycles. The number of hydrogen-bond donors (Lipinski definition) is 1. The van der Waals surface area contributed by atoms with E-state index in [0.29, 0.717) is 12.0 Å². The van der Waals surface area contributed by atoms with Crippen molar-refractivity contribution in [1.82, 2.24) is 15.3 Å². The molecule has 0 aromatic rings. The number of likely N-dealkylation sites (N-methyl/N-ethyl adjacent to an activating group) is 2. The summed E-state index contributed by atoms with van der Waals surface area (Å²) in [6, 6.07) is 0.419. The average Bonchev–Trinajstić information content (AvgIpc) is 2.91. The third-order valence-corrected chi connectivity index (χ3v) is 6.06. The van der Waals surface area contributed by atoms with E-state index in [1.165, 1.54) is 28.0 Å². The summed E-state index contributed by atoms with van der Waals surface area (Å²) in [7, 11) is 4.18. The van der Waals surface area contributed by atoms with E-state index in [9.17, 15) is 0 Å². The van der Waals surface area contributed by atoms with Crippen LogP contribution in [0.5, 0.6) is 0 Å². The maximum Gasteiger partial charge on any atom is 0.0577 e. The Morgan fingerprint density at radius 2 is 1.89 bits per heavy atom. The van der Waals surface area contributed by atoms with Crippen molar-refractivity contribution in [3.63, 3.8) is 0 Å². The van der Waals surface area contributed by atoms with Gasteiger partial charge in [-0.1, -0.05) is 55.9 Å². The van der Waals surface area contributed by atoms with Gasteiger partial charge in [-0.2, -0.15) is 0 Å². The molecule has 0 aromatic heterocycles. The minimum atomic E-state index is 0.419. The first-order chi connectivity index (χ1) is 13.5. The molecule has 3 rings (SSSR count). The molecule has 0 aromatic carbocycles. The summed E-state index contributed by atoms with van der Waals surface area (Å²) >= 11 is 0. The van der Waals surface area contributed by atoms with Crippen LogP contribution in [0.4, 0.5) is 0 Å². The Hall–Kier alpha value is -2.10. The number of hydrazine groups is 1. The van der Waals surface area contributed by atoms with Gasteiger partial charge in [0.05, 0.1) is 5.70 Å². The molecule has 2 atom stereocenters. The quantitative estimate of drug-likeness (QED) is 0.680. The molecule has 0 radical (unpaired) electrons. The minimum absolute atomic E-state index is 0.419. The second-order valence-corrected chi connectivity index (χ2v) is 8.01. The van der Waals surface area contributed by atoms with E-state index in [1.807, 2.05) is 7.05 Å². The lowest BCUT2D eigenvalue weighted by Crippen LogP contribution is -2.36. The molecule has 0 bridgehead atoms. The molecule has 2 unspecified atom stereocenters. The number of nitrogens with zero attached hydrogens (tertiary/aromatic N) is 2. The molecule has 0 saturated heterocycles. The van der Waals surface area contributed by atoms with E-state index in [2.05, 4.69) is 98.0 Å². The predicted molar refractivity (Wildman–Crippen MR) is 120 cm³/mol. The molecular formula is C25H35N3. The highest BCUT2D eigenvalue weighted by Crippen LogP contribution is 2.33. The van der Waals surface area contributed by atoms with E-state index < -0.39 is 0 Å². The van der Waals surface area contributed by atoms with Crippen molar-refractivity contribution in [2.24, 2.45) is 5.92 Å². The van der Waals surface area contributed by atoms with Crippen molar-refractivity contribution in [1.29, 1.82) is 0 Å². The number of nitrogens with one attached hydrogen (secondary N) is 1. The van der Waals surface area contributed by atoms with E-state index in [4.69, 9.17) is 0 Å². The molecule has 28 heavy (non-hydrogen) atoms. The Labute approximate surface area is 171 Å². The molecule has 0 fully saturated rings. The van der Waals surface area contributed by atoms with Crippen molar-refractivity contribution in [3.8, 4) is 0 Å². The fourth-order valence-corrected chi connectivity index (χ4v) is 3.90. The van der Waals surface area contributed by atoms with Crippen molar-refractivity contribution in [2.45, 2.75) is 46.1 Å². The molecular weight excluding hydrogens is 342 g/mol. The van der Waals surface area contributed by atoms with Crippen LogP contribution in [-0.2, 0) is 0 Å². The molecule has 3 heteroatoms. The molecule has 0 amide bonds. The predicted octanol–water partition coefficient (Wildman–Crippen LogP) is 5.27. The Morgan fingerprint density at radius 3 is 2.57 bits per heavy atom. The third kappa shape index (κ3) is 4.48. The molecule has 150 valence electrons. The molecule has 1 N–H and O–H groups in total. The molecule has 1 aliphatic heterocycles. The minimum Gasteiger partial charge on any atom is -0.316 e. The second kappa shape index (κ2) is 9.40. The van der Waals surface area contributed by atoms with Crippen LogP contribution in [0.3, 0.4) is 0 Å². The van der Waals surface area contributed by atoms with E-state index >= 15 is 0 Å². The van der Waals surface area contributed by atoms with Gasteiger partial charge in [0.2, 0.25) is 0 Å². The first kappa shape index (κ1) is 20.6. The molecule has 3 aliphatic rings. The van der Waals surface area contributed by atoms with Crippen LogP contribution in [0.2, 0.25) is 0 Å². The number of hydrogen-bond acceptors (Lipinski definition) is 3. The van der Waals surface area contributed by atoms with Gasteiger partial charge in [-0.25, -0.2) is 5.01 Å². The first-order valence-electron chi connectivity index (χ1n) is 10.6. The largest absolute Gasteiger partial charge is 0.316 e. The molecule has 0 spiro atoms. The molecule has 2 aliphatic carbocycles. The monoisotopic (exact) mass is 377 g/mol. The van der Waals surface area contributed by atoms with Crippen molar-refractivity contribution in [3.05, 3.63) is 82.8 Å². The SMILES string of the molecule is CCC(C)C1=C(N2C=CC(C)N2C)C=C(C2=CC=C(CNC)CC=C2)C=CC1. The maximum absolute atomic E-state index is 3.26. The van der Waals surface area contributed by atoms with Gasteiger partial charge >= 0.3 is 0 Å². The number of rotatable bonds is 6. The molecule has 1 heterocycles. The average molecular weight is 378 g/mol. The summed E-state index contributed by atoms with van der Waals surface area (Å²) in [6.07, 6.45) is 23.8. The second-order valence-electron chi connectivity index (χ2n) is 8.01. The summed E-state index contributed by atoms with van der Waals surface area (Å²) in [5, 5.41) is 7.91. The highest BCUT2D eigenvalue weighted by atomic mass is 15.6. The maximum atomic E-state index is 3.26. The zero-order chi connectivity index (χ0) is 20.1. The Bertz CT molecular complexity index is 789. The Morgan fingerprint density at radius 1 is 1.14 bits per heavy atom. The zero-order valence-corrected chi connectivity index (χ0v) is 18.1. The Kier molecular flexibility index (Phi) is 6.93. The van der Waals surface area contributed by atoms with Gasteiger partial charge in [0, 0.05) is 25.8 Å². The highest BCUT2D eigenvalue weighted by molar-refractivity contribution is 5.54. The van der Waals surface area contributed by atoms with E-state index in [0.717, 1.165) is 25.8 Å². The van der Waals surface area contributed by atoms with Crippen LogP contribution in [0.15, 0.2) is 82.8 Å². The lowest BCUT2D eigenvalue weighted by molar-refractivity contribution is 0.0909. The summed E-state index contributed by atoms with van der Waals surface area (Å²) in [5.74, 6) is 0.564. The van der Waals surface area contributed by atoms with Crippen LogP contribution < -0.4 is 5.32 Å². The van der Waals surface area contributed by atoms with Crippen LogP contribution in [0, 0.1) is 5.92 Å². The standard InChI is InChI=1S/C25H35N3/c1-6-19(2)24-12-8-11-23(17-25(24)28-16-15-20(3)27(28)5)22-10-7-9-21(13-14-22)18-26-4/h7-8,10-11,13-17,19-20,26H,6,9,12,18H2,1-5H3. The first-order valence-corrected chi connectivity index (χ1v) is 10.6. The van der Waals surface area contributed by atoms with Gasteiger partial charge in [0.1, 0.15) is 0 Å². The Balaban J connectivity index is 2.03. The van der Waals surface area contributed by atoms with Gasteiger partial charge < -0.3 is 5.32 Å². The van der Waals surface area contributed by atoms with Gasteiger partial charge in [-0.05, 0) is 68.0 Å². The zero-order valence-electron chi connectivity index (χ0n) is 18.1. The van der Waals surface area contributed by atoms with Crippen molar-refractivity contribution in [2.75, 3.05) is 20.6 Å². The van der Waals surface area contributed by atoms with Gasteiger partial charge in [0.15, 0.2) is 0 Å². The van der Waals surface area contributed by atoms with Gasteiger partial charge in [0.25, 0.3) is 0 Å². The summed E-state index contributed by atoms with van der Waals surface area (Å²) in [4.78, 5) is 0. The summed E-state index contributed by atoms with van der Waals surface area (Å²) < 4.78 is 0. The third-order valence-electron chi connectivity index (χ3n) is 6.06. The van der Waals surface area contributed by atoms with E-state index in [1.54, 1.807) is 0 Å². The molecule has 3 nitrogen and oxygen atoms in total. The van der Waals surface area contributed by atoms with Gasteiger partial charge in [-0.15, -0.1) is 0 Å². The highest BCUT2D eigenvalue weighted by Gasteiger charge is 2.25. The van der Waals surface area contributed by atoms with Crippen LogP contribution >= 0.6 is 0 Å². The van der Waals surface area contributed by atoms with Gasteiger partial charge in [-0.3, -0.25) is 5.01 Å². The fraction of sp³-hybridized carbons (Fsp3) is 0.440. The fourth-order valence-electron chi connectivity index (χ4n) is 3.90. The lowest BCUT2D eigenvalue weighted by atomic mass is 9.93. The number of allylic oxidation sites excluding steroid dienone is 10. The van der Waals surface area contributed by atoms with E-state index in [-0.39, 0.29) is 0 Å². The van der Waals surface area contributed by atoms with Crippen LogP contribution in [0.1, 0.15) is 40.0 Å². The smallest absolute Gasteiger partial charge is 0.0577 e. The van der Waals surface area contributed by atoms with Crippen molar-refractivity contribution < 1.29 is 0 Å². The topological polar surface area (TPSA) is 18.5 Å². The van der Waals surface area contributed by atoms with Crippen LogP contribution in [-0.4, -0.2) is 36.7 Å².